The summed E-state index contributed by atoms with van der Waals surface area (Å²) >= 11 is 1.65. The standard InChI is InChI=1S/C21H21NO4S/c1-24-18-10-16(11-19(25-2)20(18)26-3)21(23)22-12-14-6-4-5-7-17(14)15-8-9-27-13-15/h4-11,13H,12H2,1-3H3,(H,22,23). The number of ether oxygens (including phenoxy) is 3. The number of carbonyl (C=O) groups excluding carboxylic acids is 1. The summed E-state index contributed by atoms with van der Waals surface area (Å²) in [5.74, 6) is 1.13. The highest BCUT2D eigenvalue weighted by molar-refractivity contribution is 7.08. The minimum absolute atomic E-state index is 0.214. The van der Waals surface area contributed by atoms with Crippen molar-refractivity contribution in [1.82, 2.24) is 5.32 Å². The molecule has 1 heterocycles. The Bertz CT molecular complexity index is 897. The van der Waals surface area contributed by atoms with E-state index in [1.807, 2.05) is 23.6 Å². The molecule has 0 bridgehead atoms. The SMILES string of the molecule is COc1cc(C(=O)NCc2ccccc2-c2ccsc2)cc(OC)c1OC. The van der Waals surface area contributed by atoms with Gasteiger partial charge in [0.1, 0.15) is 0 Å². The third kappa shape index (κ3) is 4.06. The minimum atomic E-state index is -0.214. The van der Waals surface area contributed by atoms with E-state index in [-0.39, 0.29) is 5.91 Å². The molecule has 0 aliphatic heterocycles. The van der Waals surface area contributed by atoms with E-state index in [4.69, 9.17) is 14.2 Å². The molecule has 6 heteroatoms. The molecule has 0 spiro atoms. The molecule has 0 aliphatic carbocycles. The van der Waals surface area contributed by atoms with E-state index < -0.39 is 0 Å². The van der Waals surface area contributed by atoms with Gasteiger partial charge in [0.25, 0.3) is 5.91 Å². The van der Waals surface area contributed by atoms with Gasteiger partial charge in [-0.1, -0.05) is 24.3 Å². The van der Waals surface area contributed by atoms with Crippen molar-refractivity contribution in [2.24, 2.45) is 0 Å². The Labute approximate surface area is 162 Å². The Morgan fingerprint density at radius 3 is 2.30 bits per heavy atom. The number of benzene rings is 2. The van der Waals surface area contributed by atoms with E-state index in [1.54, 1.807) is 23.5 Å². The number of methoxy groups -OCH3 is 3. The first-order chi connectivity index (χ1) is 13.2. The van der Waals surface area contributed by atoms with Gasteiger partial charge in [0.05, 0.1) is 21.3 Å². The molecule has 1 N–H and O–H groups in total. The van der Waals surface area contributed by atoms with Gasteiger partial charge >= 0.3 is 0 Å². The summed E-state index contributed by atoms with van der Waals surface area (Å²) in [5, 5.41) is 7.11. The van der Waals surface area contributed by atoms with E-state index in [0.717, 1.165) is 16.7 Å². The topological polar surface area (TPSA) is 56.8 Å². The van der Waals surface area contributed by atoms with Crippen LogP contribution >= 0.6 is 11.3 Å². The second-order valence-electron chi connectivity index (χ2n) is 5.77. The van der Waals surface area contributed by atoms with Gasteiger partial charge in [0.15, 0.2) is 11.5 Å². The van der Waals surface area contributed by atoms with E-state index in [2.05, 4.69) is 22.8 Å². The number of carbonyl (C=O) groups is 1. The van der Waals surface area contributed by atoms with Crippen molar-refractivity contribution < 1.29 is 19.0 Å². The first-order valence-corrected chi connectivity index (χ1v) is 9.31. The van der Waals surface area contributed by atoms with Crippen LogP contribution in [0.25, 0.3) is 11.1 Å². The monoisotopic (exact) mass is 383 g/mol. The number of amides is 1. The average Bonchev–Trinajstić information content (AvgIpc) is 3.25. The van der Waals surface area contributed by atoms with Gasteiger partial charge in [-0.05, 0) is 45.6 Å². The molecule has 27 heavy (non-hydrogen) atoms. The molecule has 0 radical (unpaired) electrons. The fourth-order valence-corrected chi connectivity index (χ4v) is 3.52. The predicted octanol–water partition coefficient (Wildman–Crippen LogP) is 4.37. The molecule has 0 saturated carbocycles. The third-order valence-corrected chi connectivity index (χ3v) is 4.90. The maximum Gasteiger partial charge on any atom is 0.251 e. The molecular weight excluding hydrogens is 362 g/mol. The van der Waals surface area contributed by atoms with Crippen molar-refractivity contribution in [2.45, 2.75) is 6.54 Å². The Balaban J connectivity index is 1.81. The highest BCUT2D eigenvalue weighted by Crippen LogP contribution is 2.38. The molecule has 140 valence electrons. The first-order valence-electron chi connectivity index (χ1n) is 8.36. The van der Waals surface area contributed by atoms with Gasteiger partial charge in [-0.15, -0.1) is 0 Å². The van der Waals surface area contributed by atoms with Crippen LogP contribution in [0.5, 0.6) is 17.2 Å². The molecule has 0 fully saturated rings. The van der Waals surface area contributed by atoms with E-state index in [0.29, 0.717) is 29.4 Å². The molecule has 0 saturated heterocycles. The van der Waals surface area contributed by atoms with Gasteiger partial charge in [0.2, 0.25) is 5.75 Å². The molecule has 2 aromatic carbocycles. The van der Waals surface area contributed by atoms with Crippen molar-refractivity contribution in [3.05, 3.63) is 64.4 Å². The summed E-state index contributed by atoms with van der Waals surface area (Å²) in [6.07, 6.45) is 0. The fraction of sp³-hybridized carbons (Fsp3) is 0.190. The van der Waals surface area contributed by atoms with Crippen LogP contribution in [0.3, 0.4) is 0 Å². The van der Waals surface area contributed by atoms with Crippen LogP contribution in [0.15, 0.2) is 53.2 Å². The summed E-state index contributed by atoms with van der Waals surface area (Å²) in [6, 6.07) is 13.4. The van der Waals surface area contributed by atoms with Crippen LogP contribution in [0.4, 0.5) is 0 Å². The number of nitrogens with one attached hydrogen (secondary N) is 1. The Hall–Kier alpha value is -2.99. The van der Waals surface area contributed by atoms with Gasteiger partial charge < -0.3 is 19.5 Å². The summed E-state index contributed by atoms with van der Waals surface area (Å²) in [4.78, 5) is 12.7. The molecule has 0 atom stereocenters. The molecule has 5 nitrogen and oxygen atoms in total. The maximum atomic E-state index is 12.7. The summed E-state index contributed by atoms with van der Waals surface area (Å²) in [7, 11) is 4.58. The van der Waals surface area contributed by atoms with Crippen molar-refractivity contribution in [3.8, 4) is 28.4 Å². The molecular formula is C21H21NO4S. The zero-order chi connectivity index (χ0) is 19.2. The molecule has 3 aromatic rings. The van der Waals surface area contributed by atoms with Crippen molar-refractivity contribution >= 4 is 17.2 Å². The smallest absolute Gasteiger partial charge is 0.251 e. The zero-order valence-electron chi connectivity index (χ0n) is 15.4. The minimum Gasteiger partial charge on any atom is -0.493 e. The molecule has 3 rings (SSSR count). The van der Waals surface area contributed by atoms with Gasteiger partial charge in [0, 0.05) is 12.1 Å². The maximum absolute atomic E-state index is 12.7. The third-order valence-electron chi connectivity index (χ3n) is 4.22. The molecule has 1 amide bonds. The summed E-state index contributed by atoms with van der Waals surface area (Å²) in [5.41, 5.74) is 3.76. The van der Waals surface area contributed by atoms with Crippen LogP contribution in [-0.2, 0) is 6.54 Å². The lowest BCUT2D eigenvalue weighted by Gasteiger charge is -2.14. The van der Waals surface area contributed by atoms with Crippen molar-refractivity contribution in [1.29, 1.82) is 0 Å². The van der Waals surface area contributed by atoms with E-state index in [9.17, 15) is 4.79 Å². The fourth-order valence-electron chi connectivity index (χ4n) is 2.86. The second-order valence-corrected chi connectivity index (χ2v) is 6.55. The largest absolute Gasteiger partial charge is 0.493 e. The lowest BCUT2D eigenvalue weighted by atomic mass is 10.0. The van der Waals surface area contributed by atoms with Crippen molar-refractivity contribution in [2.75, 3.05) is 21.3 Å². The zero-order valence-corrected chi connectivity index (χ0v) is 16.3. The Kier molecular flexibility index (Phi) is 5.98. The summed E-state index contributed by atoms with van der Waals surface area (Å²) < 4.78 is 15.9. The van der Waals surface area contributed by atoms with Crippen LogP contribution in [0.1, 0.15) is 15.9 Å². The normalized spacial score (nSPS) is 10.3. The lowest BCUT2D eigenvalue weighted by molar-refractivity contribution is 0.0950. The van der Waals surface area contributed by atoms with E-state index in [1.165, 1.54) is 21.3 Å². The van der Waals surface area contributed by atoms with Gasteiger partial charge in [-0.25, -0.2) is 0 Å². The predicted molar refractivity (Wildman–Crippen MR) is 107 cm³/mol. The summed E-state index contributed by atoms with van der Waals surface area (Å²) in [6.45, 7) is 0.418. The first kappa shape index (κ1) is 18.8. The van der Waals surface area contributed by atoms with Crippen LogP contribution in [-0.4, -0.2) is 27.2 Å². The van der Waals surface area contributed by atoms with Crippen molar-refractivity contribution in [3.63, 3.8) is 0 Å². The Morgan fingerprint density at radius 2 is 1.70 bits per heavy atom. The number of hydrogen-bond acceptors (Lipinski definition) is 5. The van der Waals surface area contributed by atoms with E-state index >= 15 is 0 Å². The molecule has 0 unspecified atom stereocenters. The van der Waals surface area contributed by atoms with Crippen LogP contribution < -0.4 is 19.5 Å². The van der Waals surface area contributed by atoms with Crippen LogP contribution in [0.2, 0.25) is 0 Å². The number of rotatable bonds is 7. The average molecular weight is 383 g/mol. The lowest BCUT2D eigenvalue weighted by Crippen LogP contribution is -2.23. The number of thiophene rings is 1. The Morgan fingerprint density at radius 1 is 1.00 bits per heavy atom. The van der Waals surface area contributed by atoms with Crippen LogP contribution in [0, 0.1) is 0 Å². The van der Waals surface area contributed by atoms with Gasteiger partial charge in [-0.2, -0.15) is 11.3 Å². The quantitative estimate of drug-likeness (QED) is 0.658. The number of hydrogen-bond donors (Lipinski definition) is 1. The van der Waals surface area contributed by atoms with Gasteiger partial charge in [-0.3, -0.25) is 4.79 Å². The highest BCUT2D eigenvalue weighted by Gasteiger charge is 2.17. The second kappa shape index (κ2) is 8.60. The molecule has 1 aromatic heterocycles. The highest BCUT2D eigenvalue weighted by atomic mass is 32.1. The molecule has 0 aliphatic rings.